The van der Waals surface area contributed by atoms with Crippen molar-refractivity contribution in [1.82, 2.24) is 0 Å². The molecule has 2 heterocycles. The van der Waals surface area contributed by atoms with E-state index in [4.69, 9.17) is 42.6 Å². The molecular formula is C33H52O12S. The highest BCUT2D eigenvalue weighted by Crippen LogP contribution is 2.53. The van der Waals surface area contributed by atoms with E-state index in [-0.39, 0.29) is 33.2 Å². The summed E-state index contributed by atoms with van der Waals surface area (Å²) in [7, 11) is 1.57. The zero-order valence-electron chi connectivity index (χ0n) is 28.2. The number of thioether (sulfide) groups is 1. The normalized spacial score (nSPS) is 26.6. The van der Waals surface area contributed by atoms with Crippen LogP contribution in [-0.2, 0) is 58.8 Å². The Balaban J connectivity index is 2.14. The van der Waals surface area contributed by atoms with Gasteiger partial charge in [-0.1, -0.05) is 69.8 Å². The molecule has 2 aliphatic rings. The summed E-state index contributed by atoms with van der Waals surface area (Å²) in [6.07, 6.45) is -0.747. The van der Waals surface area contributed by atoms with Crippen LogP contribution >= 0.6 is 11.8 Å². The van der Waals surface area contributed by atoms with Gasteiger partial charge in [-0.25, -0.2) is 4.79 Å². The van der Waals surface area contributed by atoms with Gasteiger partial charge in [-0.3, -0.25) is 4.79 Å². The molecule has 2 aliphatic heterocycles. The molecule has 2 saturated heterocycles. The van der Waals surface area contributed by atoms with Crippen LogP contribution in [0.5, 0.6) is 0 Å². The zero-order valence-corrected chi connectivity index (χ0v) is 29.1. The SMILES string of the molecule is CCOC(=O)[C@](O)([C@@H]1OC(CC)(CC)O[C@H]1COCOCCOC)[C@@]1(C(=O)SC)OC(CC)(CC)O[C@@H]1COCc1ccccc1. The van der Waals surface area contributed by atoms with Gasteiger partial charge in [-0.2, -0.15) is 0 Å². The minimum atomic E-state index is -2.76. The number of benzene rings is 1. The van der Waals surface area contributed by atoms with Crippen LogP contribution in [0.3, 0.4) is 0 Å². The number of hydrogen-bond acceptors (Lipinski definition) is 13. The number of ether oxygens (including phenoxy) is 9. The standard InChI is InChI=1S/C33H52O12S/c1-8-30(9-2)42-25(21-40-23-38-19-18-37-6)27(44-30)32(36,28(34)41-12-5)33(29(35)46-7)26(43-31(10-3,11-4)45-33)22-39-20-24-16-14-13-15-17-24/h13-17,25-27,36H,8-12,18-23H2,1-7H3/t25-,26+,27+,32+,33+/m0/s1. The number of carbonyl (C=O) groups is 2. The van der Waals surface area contributed by atoms with E-state index in [0.29, 0.717) is 38.9 Å². The first-order valence-corrected chi connectivity index (χ1v) is 17.3. The van der Waals surface area contributed by atoms with E-state index in [1.807, 2.05) is 58.0 Å². The van der Waals surface area contributed by atoms with Crippen molar-refractivity contribution in [2.45, 2.75) is 108 Å². The fraction of sp³-hybridized carbons (Fsp3) is 0.758. The third kappa shape index (κ3) is 7.96. The molecule has 1 aromatic carbocycles. The molecule has 0 radical (unpaired) electrons. The predicted molar refractivity (Wildman–Crippen MR) is 170 cm³/mol. The third-order valence-corrected chi connectivity index (χ3v) is 9.35. The molecule has 2 fully saturated rings. The minimum Gasteiger partial charge on any atom is -0.464 e. The van der Waals surface area contributed by atoms with E-state index in [9.17, 15) is 14.7 Å². The zero-order chi connectivity index (χ0) is 33.8. The molecule has 1 aromatic rings. The van der Waals surface area contributed by atoms with Crippen LogP contribution in [-0.4, -0.2) is 110 Å². The third-order valence-electron chi connectivity index (χ3n) is 8.67. The highest BCUT2D eigenvalue weighted by molar-refractivity contribution is 8.13. The van der Waals surface area contributed by atoms with Crippen LogP contribution in [0.25, 0.3) is 0 Å². The fourth-order valence-corrected chi connectivity index (χ4v) is 6.61. The first-order valence-electron chi connectivity index (χ1n) is 16.1. The van der Waals surface area contributed by atoms with Gasteiger partial charge in [0, 0.05) is 7.11 Å². The maximum atomic E-state index is 14.4. The van der Waals surface area contributed by atoms with Gasteiger partial charge in [-0.05, 0) is 44.4 Å². The molecule has 0 aliphatic carbocycles. The smallest absolute Gasteiger partial charge is 0.344 e. The van der Waals surface area contributed by atoms with E-state index in [1.54, 1.807) is 20.3 Å². The Kier molecular flexibility index (Phi) is 14.9. The molecule has 0 unspecified atom stereocenters. The van der Waals surface area contributed by atoms with Crippen LogP contribution in [0, 0.1) is 0 Å². The average molecular weight is 673 g/mol. The lowest BCUT2D eigenvalue weighted by atomic mass is 9.73. The highest BCUT2D eigenvalue weighted by atomic mass is 32.2. The van der Waals surface area contributed by atoms with Crippen molar-refractivity contribution in [2.24, 2.45) is 0 Å². The number of rotatable bonds is 20. The summed E-state index contributed by atoms with van der Waals surface area (Å²) in [5.74, 6) is -3.61. The predicted octanol–water partition coefficient (Wildman–Crippen LogP) is 3.99. The topological polar surface area (TPSA) is 137 Å². The van der Waals surface area contributed by atoms with Gasteiger partial charge in [0.15, 0.2) is 11.6 Å². The molecule has 0 saturated carbocycles. The van der Waals surface area contributed by atoms with Gasteiger partial charge in [0.05, 0.1) is 39.6 Å². The molecular weight excluding hydrogens is 620 g/mol. The second-order valence-corrected chi connectivity index (χ2v) is 12.0. The summed E-state index contributed by atoms with van der Waals surface area (Å²) in [5, 5.41) is 12.4. The Morgan fingerprint density at radius 3 is 2.15 bits per heavy atom. The molecule has 5 atom stereocenters. The number of hydrogen-bond donors (Lipinski definition) is 1. The van der Waals surface area contributed by atoms with Gasteiger partial charge in [0.1, 0.15) is 25.1 Å². The highest BCUT2D eigenvalue weighted by Gasteiger charge is 2.78. The summed E-state index contributed by atoms with van der Waals surface area (Å²) in [6, 6.07) is 9.50. The number of methoxy groups -OCH3 is 1. The molecule has 0 aromatic heterocycles. The molecule has 1 N–H and O–H groups in total. The monoisotopic (exact) mass is 672 g/mol. The molecule has 13 heteroatoms. The molecule has 3 rings (SSSR count). The van der Waals surface area contributed by atoms with E-state index in [0.717, 1.165) is 17.3 Å². The van der Waals surface area contributed by atoms with Crippen LogP contribution in [0.2, 0.25) is 0 Å². The molecule has 12 nitrogen and oxygen atoms in total. The van der Waals surface area contributed by atoms with Crippen molar-refractivity contribution in [3.8, 4) is 0 Å². The lowest BCUT2D eigenvalue weighted by molar-refractivity contribution is -0.260. The Bertz CT molecular complexity index is 1080. The maximum Gasteiger partial charge on any atom is 0.344 e. The fourth-order valence-electron chi connectivity index (χ4n) is 5.98. The largest absolute Gasteiger partial charge is 0.464 e. The average Bonchev–Trinajstić information content (AvgIpc) is 3.64. The summed E-state index contributed by atoms with van der Waals surface area (Å²) in [5.41, 5.74) is -4.18. The maximum absolute atomic E-state index is 14.4. The van der Waals surface area contributed by atoms with Gasteiger partial charge in [0.2, 0.25) is 16.3 Å². The van der Waals surface area contributed by atoms with Crippen LogP contribution in [0.1, 0.15) is 65.9 Å². The van der Waals surface area contributed by atoms with Gasteiger partial charge in [-0.15, -0.1) is 0 Å². The lowest BCUT2D eigenvalue weighted by Crippen LogP contribution is -2.75. The first-order chi connectivity index (χ1) is 22.1. The van der Waals surface area contributed by atoms with Crippen LogP contribution < -0.4 is 0 Å². The second-order valence-electron chi connectivity index (χ2n) is 11.2. The Morgan fingerprint density at radius 1 is 0.891 bits per heavy atom. The Hall–Kier alpha value is -1.65. The van der Waals surface area contributed by atoms with Crippen molar-refractivity contribution in [3.63, 3.8) is 0 Å². The summed E-state index contributed by atoms with van der Waals surface area (Å²) in [4.78, 5) is 28.6. The number of esters is 1. The Morgan fingerprint density at radius 2 is 1.57 bits per heavy atom. The second kappa shape index (κ2) is 17.7. The van der Waals surface area contributed by atoms with Crippen LogP contribution in [0.15, 0.2) is 30.3 Å². The van der Waals surface area contributed by atoms with E-state index >= 15 is 0 Å². The van der Waals surface area contributed by atoms with Crippen molar-refractivity contribution in [3.05, 3.63) is 35.9 Å². The molecule has 0 bridgehead atoms. The number of aliphatic hydroxyl groups is 1. The lowest BCUT2D eigenvalue weighted by Gasteiger charge is -2.46. The molecule has 0 spiro atoms. The van der Waals surface area contributed by atoms with Crippen LogP contribution in [0.4, 0.5) is 0 Å². The van der Waals surface area contributed by atoms with E-state index in [2.05, 4.69) is 0 Å². The Labute approximate surface area is 277 Å². The summed E-state index contributed by atoms with van der Waals surface area (Å²) >= 11 is 0.812. The summed E-state index contributed by atoms with van der Waals surface area (Å²) in [6.45, 7) is 9.46. The van der Waals surface area contributed by atoms with Crippen molar-refractivity contribution in [2.75, 3.05) is 53.2 Å². The van der Waals surface area contributed by atoms with Crippen molar-refractivity contribution < 1.29 is 57.3 Å². The van der Waals surface area contributed by atoms with Gasteiger partial charge in [0.25, 0.3) is 0 Å². The molecule has 46 heavy (non-hydrogen) atoms. The quantitative estimate of drug-likeness (QED) is 0.122. The van der Waals surface area contributed by atoms with E-state index in [1.165, 1.54) is 0 Å². The van der Waals surface area contributed by atoms with Gasteiger partial charge < -0.3 is 47.7 Å². The van der Waals surface area contributed by atoms with E-state index < -0.39 is 52.2 Å². The minimum absolute atomic E-state index is 0.0812. The van der Waals surface area contributed by atoms with Crippen molar-refractivity contribution in [1.29, 1.82) is 0 Å². The molecule has 262 valence electrons. The number of carbonyl (C=O) groups excluding carboxylic acids is 2. The summed E-state index contributed by atoms with van der Waals surface area (Å²) < 4.78 is 54.0. The first kappa shape index (κ1) is 38.8. The van der Waals surface area contributed by atoms with Crippen molar-refractivity contribution >= 4 is 22.8 Å². The molecule has 0 amide bonds. The van der Waals surface area contributed by atoms with Gasteiger partial charge >= 0.3 is 5.97 Å².